The van der Waals surface area contributed by atoms with E-state index in [0.717, 1.165) is 11.3 Å². The Morgan fingerprint density at radius 1 is 1.37 bits per heavy atom. The zero-order chi connectivity index (χ0) is 14.5. The Balaban J connectivity index is 3.06. The number of amides is 1. The van der Waals surface area contributed by atoms with Crippen molar-refractivity contribution in [2.24, 2.45) is 16.3 Å². The van der Waals surface area contributed by atoms with Gasteiger partial charge < -0.3 is 16.3 Å². The van der Waals surface area contributed by atoms with Crippen LogP contribution in [-0.4, -0.2) is 17.0 Å². The quantitative estimate of drug-likeness (QED) is 0.330. The van der Waals surface area contributed by atoms with Gasteiger partial charge >= 0.3 is 0 Å². The van der Waals surface area contributed by atoms with Crippen LogP contribution in [0.3, 0.4) is 0 Å². The molecule has 0 radical (unpaired) electrons. The molecule has 1 rings (SSSR count). The van der Waals surface area contributed by atoms with Gasteiger partial charge in [-0.3, -0.25) is 4.79 Å². The molecule has 4 N–H and O–H groups in total. The molecule has 0 saturated carbocycles. The molecule has 5 nitrogen and oxygen atoms in total. The predicted octanol–water partition coefficient (Wildman–Crippen LogP) is 2.49. The fourth-order valence-electron chi connectivity index (χ4n) is 2.10. The van der Waals surface area contributed by atoms with Crippen molar-refractivity contribution in [3.63, 3.8) is 0 Å². The SMILES string of the molecule is CCC(CC)(C(=O)Nc1ccccc1C)C(N)=NO. The summed E-state index contributed by atoms with van der Waals surface area (Å²) in [5.74, 6) is -0.300. The van der Waals surface area contributed by atoms with Crippen molar-refractivity contribution >= 4 is 17.4 Å². The maximum Gasteiger partial charge on any atom is 0.238 e. The zero-order valence-electron chi connectivity index (χ0n) is 11.6. The van der Waals surface area contributed by atoms with Crippen LogP contribution >= 0.6 is 0 Å². The van der Waals surface area contributed by atoms with E-state index in [4.69, 9.17) is 10.9 Å². The molecule has 19 heavy (non-hydrogen) atoms. The minimum atomic E-state index is -0.975. The molecule has 1 aromatic carbocycles. The smallest absolute Gasteiger partial charge is 0.238 e. The molecule has 0 aliphatic rings. The molecule has 0 aliphatic heterocycles. The van der Waals surface area contributed by atoms with Gasteiger partial charge in [-0.15, -0.1) is 0 Å². The van der Waals surface area contributed by atoms with Crippen LogP contribution in [0.2, 0.25) is 0 Å². The van der Waals surface area contributed by atoms with E-state index in [0.29, 0.717) is 12.8 Å². The molecule has 0 saturated heterocycles. The number of para-hydroxylation sites is 1. The lowest BCUT2D eigenvalue weighted by atomic mass is 9.80. The Labute approximate surface area is 113 Å². The van der Waals surface area contributed by atoms with Crippen LogP contribution in [0, 0.1) is 12.3 Å². The van der Waals surface area contributed by atoms with Crippen molar-refractivity contribution in [2.45, 2.75) is 33.6 Å². The molecule has 0 spiro atoms. The minimum absolute atomic E-state index is 0.0522. The summed E-state index contributed by atoms with van der Waals surface area (Å²) < 4.78 is 0. The van der Waals surface area contributed by atoms with Crippen LogP contribution in [-0.2, 0) is 4.79 Å². The van der Waals surface area contributed by atoms with E-state index in [-0.39, 0.29) is 11.7 Å². The summed E-state index contributed by atoms with van der Waals surface area (Å²) in [6.45, 7) is 5.61. The summed E-state index contributed by atoms with van der Waals surface area (Å²) in [6, 6.07) is 7.50. The maximum absolute atomic E-state index is 12.5. The number of hydrogen-bond donors (Lipinski definition) is 3. The number of carbonyl (C=O) groups is 1. The lowest BCUT2D eigenvalue weighted by molar-refractivity contribution is -0.122. The first-order valence-electron chi connectivity index (χ1n) is 6.37. The largest absolute Gasteiger partial charge is 0.409 e. The Morgan fingerprint density at radius 3 is 2.42 bits per heavy atom. The fraction of sp³-hybridized carbons (Fsp3) is 0.429. The van der Waals surface area contributed by atoms with Crippen molar-refractivity contribution in [3.8, 4) is 0 Å². The van der Waals surface area contributed by atoms with E-state index in [2.05, 4.69) is 10.5 Å². The van der Waals surface area contributed by atoms with Crippen LogP contribution in [0.15, 0.2) is 29.4 Å². The van der Waals surface area contributed by atoms with Gasteiger partial charge in [0.05, 0.1) is 0 Å². The van der Waals surface area contributed by atoms with Crippen molar-refractivity contribution in [3.05, 3.63) is 29.8 Å². The third-order valence-electron chi connectivity index (χ3n) is 3.63. The van der Waals surface area contributed by atoms with Gasteiger partial charge in [-0.1, -0.05) is 37.2 Å². The topological polar surface area (TPSA) is 87.7 Å². The van der Waals surface area contributed by atoms with Crippen LogP contribution in [0.1, 0.15) is 32.3 Å². The van der Waals surface area contributed by atoms with E-state index < -0.39 is 5.41 Å². The molecule has 1 aromatic rings. The van der Waals surface area contributed by atoms with Crippen molar-refractivity contribution in [1.29, 1.82) is 0 Å². The number of oxime groups is 1. The van der Waals surface area contributed by atoms with E-state index in [1.807, 2.05) is 45.0 Å². The lowest BCUT2D eigenvalue weighted by Gasteiger charge is -2.28. The first-order valence-corrected chi connectivity index (χ1v) is 6.37. The first kappa shape index (κ1) is 15.0. The lowest BCUT2D eigenvalue weighted by Crippen LogP contribution is -2.46. The number of nitrogens with zero attached hydrogens (tertiary/aromatic N) is 1. The minimum Gasteiger partial charge on any atom is -0.409 e. The van der Waals surface area contributed by atoms with E-state index in [9.17, 15) is 4.79 Å². The number of anilines is 1. The highest BCUT2D eigenvalue weighted by Gasteiger charge is 2.39. The van der Waals surface area contributed by atoms with Gasteiger partial charge in [-0.25, -0.2) is 0 Å². The number of rotatable bonds is 5. The van der Waals surface area contributed by atoms with Gasteiger partial charge in [0.25, 0.3) is 0 Å². The molecule has 0 aromatic heterocycles. The number of nitrogens with two attached hydrogens (primary N) is 1. The standard InChI is InChI=1S/C14H21N3O2/c1-4-14(5-2,12(15)17-19)13(18)16-11-9-7-6-8-10(11)3/h6-9,19H,4-5H2,1-3H3,(H2,15,17)(H,16,18). The van der Waals surface area contributed by atoms with E-state index >= 15 is 0 Å². The second-order valence-electron chi connectivity index (χ2n) is 4.54. The van der Waals surface area contributed by atoms with E-state index in [1.54, 1.807) is 0 Å². The summed E-state index contributed by atoms with van der Waals surface area (Å²) in [7, 11) is 0. The molecule has 0 atom stereocenters. The Morgan fingerprint density at radius 2 is 1.95 bits per heavy atom. The number of carbonyl (C=O) groups excluding carboxylic acids is 1. The van der Waals surface area contributed by atoms with Crippen molar-refractivity contribution in [1.82, 2.24) is 0 Å². The third-order valence-corrected chi connectivity index (χ3v) is 3.63. The summed E-state index contributed by atoms with van der Waals surface area (Å²) in [5, 5.41) is 14.8. The Bertz CT molecular complexity index is 479. The number of amidine groups is 1. The van der Waals surface area contributed by atoms with Gasteiger partial charge in [-0.2, -0.15) is 0 Å². The Kier molecular flexibility index (Phi) is 4.92. The second kappa shape index (κ2) is 6.22. The molecule has 0 unspecified atom stereocenters. The Hall–Kier alpha value is -2.04. The van der Waals surface area contributed by atoms with Crippen LogP contribution < -0.4 is 11.1 Å². The van der Waals surface area contributed by atoms with Gasteiger partial charge in [0, 0.05) is 5.69 Å². The van der Waals surface area contributed by atoms with Gasteiger partial charge in [0.15, 0.2) is 5.84 Å². The first-order chi connectivity index (χ1) is 9.01. The second-order valence-corrected chi connectivity index (χ2v) is 4.54. The van der Waals surface area contributed by atoms with E-state index in [1.165, 1.54) is 0 Å². The summed E-state index contributed by atoms with van der Waals surface area (Å²) >= 11 is 0. The molecule has 0 aliphatic carbocycles. The van der Waals surface area contributed by atoms with Crippen molar-refractivity contribution < 1.29 is 10.0 Å². The summed E-state index contributed by atoms with van der Waals surface area (Å²) in [5.41, 5.74) is 6.44. The maximum atomic E-state index is 12.5. The zero-order valence-corrected chi connectivity index (χ0v) is 11.6. The number of benzene rings is 1. The molecule has 0 bridgehead atoms. The third kappa shape index (κ3) is 2.86. The average Bonchev–Trinajstić information content (AvgIpc) is 2.43. The fourth-order valence-corrected chi connectivity index (χ4v) is 2.10. The number of hydrogen-bond acceptors (Lipinski definition) is 3. The van der Waals surface area contributed by atoms with Crippen LogP contribution in [0.25, 0.3) is 0 Å². The molecule has 0 heterocycles. The monoisotopic (exact) mass is 263 g/mol. The normalized spacial score (nSPS) is 12.3. The molecular formula is C14H21N3O2. The highest BCUT2D eigenvalue weighted by atomic mass is 16.4. The molecule has 104 valence electrons. The molecule has 1 amide bonds. The molecule has 0 fully saturated rings. The van der Waals surface area contributed by atoms with Gasteiger partial charge in [0.1, 0.15) is 5.41 Å². The highest BCUT2D eigenvalue weighted by molar-refractivity contribution is 6.11. The van der Waals surface area contributed by atoms with Gasteiger partial charge in [-0.05, 0) is 31.4 Å². The predicted molar refractivity (Wildman–Crippen MR) is 76.2 cm³/mol. The summed E-state index contributed by atoms with van der Waals surface area (Å²) in [4.78, 5) is 12.5. The average molecular weight is 263 g/mol. The van der Waals surface area contributed by atoms with Gasteiger partial charge in [0.2, 0.25) is 5.91 Å². The summed E-state index contributed by atoms with van der Waals surface area (Å²) in [6.07, 6.45) is 0.939. The van der Waals surface area contributed by atoms with Crippen molar-refractivity contribution in [2.75, 3.05) is 5.32 Å². The number of aryl methyl sites for hydroxylation is 1. The number of nitrogens with one attached hydrogen (secondary N) is 1. The molecule has 5 heteroatoms. The van der Waals surface area contributed by atoms with Crippen LogP contribution in [0.5, 0.6) is 0 Å². The van der Waals surface area contributed by atoms with Crippen LogP contribution in [0.4, 0.5) is 5.69 Å². The molecular weight excluding hydrogens is 242 g/mol. The highest BCUT2D eigenvalue weighted by Crippen LogP contribution is 2.29.